The van der Waals surface area contributed by atoms with E-state index >= 15 is 0 Å². The maximum absolute atomic E-state index is 13.6. The summed E-state index contributed by atoms with van der Waals surface area (Å²) in [6, 6.07) is -0.741. The minimum Gasteiger partial charge on any atom is -0.389 e. The maximum atomic E-state index is 13.6. The molecular formula is C24H26Cl2F3N5O5S2. The van der Waals surface area contributed by atoms with Crippen LogP contribution in [0.2, 0.25) is 10.0 Å². The van der Waals surface area contributed by atoms with Crippen molar-refractivity contribution in [2.75, 3.05) is 19.6 Å². The second kappa shape index (κ2) is 12.4. The van der Waals surface area contributed by atoms with Crippen molar-refractivity contribution in [1.82, 2.24) is 19.9 Å². The van der Waals surface area contributed by atoms with Crippen LogP contribution < -0.4 is 10.0 Å². The number of amides is 2. The molecule has 1 aliphatic rings. The molecule has 1 aromatic heterocycles. The molecule has 0 aliphatic carbocycles. The molecule has 0 saturated carbocycles. The number of thiazole rings is 1. The highest BCUT2D eigenvalue weighted by atomic mass is 35.5. The minimum atomic E-state index is -4.86. The molecule has 1 unspecified atom stereocenters. The zero-order valence-corrected chi connectivity index (χ0v) is 25.1. The molecule has 3 rings (SSSR count). The van der Waals surface area contributed by atoms with Crippen LogP contribution in [0.5, 0.6) is 0 Å². The van der Waals surface area contributed by atoms with Gasteiger partial charge in [-0.05, 0) is 33.3 Å². The Hall–Kier alpha value is -2.48. The first-order chi connectivity index (χ1) is 18.9. The molecule has 1 fully saturated rings. The van der Waals surface area contributed by atoms with E-state index in [1.54, 1.807) is 0 Å². The Labute approximate surface area is 248 Å². The van der Waals surface area contributed by atoms with E-state index in [0.717, 1.165) is 23.5 Å². The van der Waals surface area contributed by atoms with Gasteiger partial charge in [-0.3, -0.25) is 9.59 Å². The van der Waals surface area contributed by atoms with E-state index in [9.17, 15) is 36.3 Å². The number of nitrogens with zero attached hydrogens (tertiary/aromatic N) is 3. The van der Waals surface area contributed by atoms with E-state index in [2.05, 4.69) is 15.1 Å². The lowest BCUT2D eigenvalue weighted by Gasteiger charge is -2.27. The van der Waals surface area contributed by atoms with Gasteiger partial charge in [0.25, 0.3) is 11.8 Å². The fraction of sp³-hybridized carbons (Fsp3) is 0.500. The molecule has 2 aromatic rings. The Bertz CT molecular complexity index is 1490. The van der Waals surface area contributed by atoms with Gasteiger partial charge in [-0.1, -0.05) is 29.3 Å². The number of rotatable bonds is 8. The lowest BCUT2D eigenvalue weighted by molar-refractivity contribution is -0.147. The third-order valence-corrected chi connectivity index (χ3v) is 9.64. The summed E-state index contributed by atoms with van der Waals surface area (Å²) in [6.45, 7) is 11.2. The monoisotopic (exact) mass is 655 g/mol. The number of hydrogen-bond donors (Lipinski definition) is 3. The largest absolute Gasteiger partial charge is 0.404 e. The highest BCUT2D eigenvalue weighted by molar-refractivity contribution is 7.89. The van der Waals surface area contributed by atoms with Gasteiger partial charge >= 0.3 is 6.18 Å². The third kappa shape index (κ3) is 7.88. The molecule has 2 heterocycles. The lowest BCUT2D eigenvalue weighted by Crippen LogP contribution is -2.43. The predicted octanol–water partition coefficient (Wildman–Crippen LogP) is 4.37. The van der Waals surface area contributed by atoms with Crippen molar-refractivity contribution in [1.29, 1.82) is 0 Å². The summed E-state index contributed by atoms with van der Waals surface area (Å²) in [4.78, 5) is 34.9. The number of aromatic nitrogens is 1. The van der Waals surface area contributed by atoms with E-state index in [1.165, 1.54) is 23.5 Å². The Balaban J connectivity index is 2.08. The van der Waals surface area contributed by atoms with Gasteiger partial charge in [0.1, 0.15) is 16.6 Å². The molecule has 41 heavy (non-hydrogen) atoms. The SMILES string of the molecule is [C-]#[N+]C1CCCN(C(=O)c2nc(C(=O)NCC(C)(C)O)sc2-c2ccc(S(=O)(=O)N[C@@H](C)C(F)(F)F)c(Cl)c2Cl)C1. The molecule has 17 heteroatoms. The van der Waals surface area contributed by atoms with Crippen molar-refractivity contribution in [2.45, 2.75) is 62.4 Å². The topological polar surface area (TPSA) is 133 Å². The van der Waals surface area contributed by atoms with E-state index in [-0.39, 0.29) is 34.2 Å². The fourth-order valence-electron chi connectivity index (χ4n) is 3.79. The minimum absolute atomic E-state index is 0.0145. The van der Waals surface area contributed by atoms with Crippen LogP contribution in [0.3, 0.4) is 0 Å². The molecule has 1 aromatic carbocycles. The summed E-state index contributed by atoms with van der Waals surface area (Å²) in [6.07, 6.45) is -3.68. The number of likely N-dealkylation sites (tertiary alicyclic amines) is 1. The molecular weight excluding hydrogens is 630 g/mol. The summed E-state index contributed by atoms with van der Waals surface area (Å²) >= 11 is 13.4. The quantitative estimate of drug-likeness (QED) is 0.362. The van der Waals surface area contributed by atoms with Gasteiger partial charge in [-0.15, -0.1) is 11.3 Å². The van der Waals surface area contributed by atoms with E-state index in [4.69, 9.17) is 29.8 Å². The standard InChI is InChI=1S/C24H26Cl2F3N5O5S2/c1-12(24(27,28)29)33-41(38,39)15-8-7-14(16(25)17(15)26)19-18(22(36)34-9-5-6-13(10-34)30-4)32-21(40-19)20(35)31-11-23(2,3)37/h7-8,12-13,33,37H,5-6,9-11H2,1-3H3,(H,31,35)/t12-,13?/m0/s1. The number of aliphatic hydroxyl groups is 1. The molecule has 0 bridgehead atoms. The number of sulfonamides is 1. The normalized spacial score (nSPS) is 17.2. The van der Waals surface area contributed by atoms with Gasteiger partial charge in [-0.2, -0.15) is 17.9 Å². The van der Waals surface area contributed by atoms with Crippen molar-refractivity contribution in [3.8, 4) is 10.4 Å². The molecule has 2 amide bonds. The number of carbonyl (C=O) groups excluding carboxylic acids is 2. The van der Waals surface area contributed by atoms with E-state index in [1.807, 2.05) is 0 Å². The van der Waals surface area contributed by atoms with Crippen molar-refractivity contribution in [3.63, 3.8) is 0 Å². The Morgan fingerprint density at radius 2 is 1.95 bits per heavy atom. The van der Waals surface area contributed by atoms with Gasteiger partial charge < -0.3 is 20.2 Å². The third-order valence-electron chi connectivity index (χ3n) is 5.98. The summed E-state index contributed by atoms with van der Waals surface area (Å²) in [5.74, 6) is -1.31. The van der Waals surface area contributed by atoms with Crippen molar-refractivity contribution in [3.05, 3.63) is 44.3 Å². The fourth-order valence-corrected chi connectivity index (χ4v) is 6.95. The molecule has 2 atom stereocenters. The summed E-state index contributed by atoms with van der Waals surface area (Å²) < 4.78 is 65.8. The van der Waals surface area contributed by atoms with E-state index < -0.39 is 60.6 Å². The molecule has 3 N–H and O–H groups in total. The van der Waals surface area contributed by atoms with Crippen LogP contribution in [0.4, 0.5) is 13.2 Å². The second-order valence-electron chi connectivity index (χ2n) is 9.99. The number of alkyl halides is 3. The van der Waals surface area contributed by atoms with Crippen LogP contribution >= 0.6 is 34.5 Å². The highest BCUT2D eigenvalue weighted by Gasteiger charge is 2.40. The molecule has 0 radical (unpaired) electrons. The van der Waals surface area contributed by atoms with Crippen molar-refractivity contribution in [2.24, 2.45) is 0 Å². The van der Waals surface area contributed by atoms with Gasteiger partial charge in [0.15, 0.2) is 5.01 Å². The Morgan fingerprint density at radius 3 is 2.54 bits per heavy atom. The van der Waals surface area contributed by atoms with Gasteiger partial charge in [0, 0.05) is 25.1 Å². The first-order valence-corrected chi connectivity index (χ1v) is 15.2. The highest BCUT2D eigenvalue weighted by Crippen LogP contribution is 2.42. The number of halogens is 5. The zero-order chi connectivity index (χ0) is 30.9. The number of piperidine rings is 1. The summed E-state index contributed by atoms with van der Waals surface area (Å²) in [5.41, 5.74) is -1.43. The maximum Gasteiger partial charge on any atom is 0.404 e. The number of nitrogens with one attached hydrogen (secondary N) is 2. The van der Waals surface area contributed by atoms with Crippen molar-refractivity contribution < 1.29 is 36.3 Å². The van der Waals surface area contributed by atoms with Crippen LogP contribution in [-0.2, 0) is 10.0 Å². The zero-order valence-electron chi connectivity index (χ0n) is 22.0. The van der Waals surface area contributed by atoms with Crippen LogP contribution in [0.1, 0.15) is 53.9 Å². The average Bonchev–Trinajstić information content (AvgIpc) is 3.32. The van der Waals surface area contributed by atoms with Gasteiger partial charge in [0.2, 0.25) is 16.1 Å². The summed E-state index contributed by atoms with van der Waals surface area (Å²) in [5, 5.41) is 11.3. The predicted molar refractivity (Wildman–Crippen MR) is 148 cm³/mol. The molecule has 1 saturated heterocycles. The Kier molecular flexibility index (Phi) is 9.99. The Morgan fingerprint density at radius 1 is 1.29 bits per heavy atom. The lowest BCUT2D eigenvalue weighted by atomic mass is 10.1. The van der Waals surface area contributed by atoms with Gasteiger partial charge in [-0.25, -0.2) is 20.0 Å². The number of hydrogen-bond acceptors (Lipinski definition) is 7. The second-order valence-corrected chi connectivity index (χ2v) is 13.4. The van der Waals surface area contributed by atoms with E-state index in [0.29, 0.717) is 26.3 Å². The van der Waals surface area contributed by atoms with Crippen molar-refractivity contribution >= 4 is 56.4 Å². The number of carbonyl (C=O) groups is 2. The van der Waals surface area contributed by atoms with Crippen LogP contribution in [-0.4, -0.2) is 78.7 Å². The molecule has 224 valence electrons. The first-order valence-electron chi connectivity index (χ1n) is 12.1. The smallest absolute Gasteiger partial charge is 0.389 e. The van der Waals surface area contributed by atoms with Crippen LogP contribution in [0.15, 0.2) is 17.0 Å². The molecule has 1 aliphatic heterocycles. The molecule has 0 spiro atoms. The van der Waals surface area contributed by atoms with Gasteiger partial charge in [0.05, 0.1) is 27.1 Å². The average molecular weight is 657 g/mol. The summed E-state index contributed by atoms with van der Waals surface area (Å²) in [7, 11) is -4.77. The van der Waals surface area contributed by atoms with Crippen LogP contribution in [0.25, 0.3) is 15.3 Å². The molecule has 10 nitrogen and oxygen atoms in total. The first kappa shape index (κ1) is 33.0. The number of benzene rings is 1. The van der Waals surface area contributed by atoms with Crippen LogP contribution in [0, 0.1) is 6.57 Å².